The monoisotopic (exact) mass is 364 g/mol. The molecule has 1 saturated heterocycles. The molecule has 2 aromatic heterocycles. The first-order chi connectivity index (χ1) is 12.9. The molecular weight excluding hydrogens is 340 g/mol. The number of carbonyl (C=O) groups excluding carboxylic acids is 1. The molecule has 0 aliphatic carbocycles. The van der Waals surface area contributed by atoms with E-state index in [0.717, 1.165) is 16.9 Å². The molecule has 0 N–H and O–H groups in total. The second-order valence-corrected chi connectivity index (χ2v) is 7.97. The van der Waals surface area contributed by atoms with Gasteiger partial charge in [-0.2, -0.15) is 0 Å². The van der Waals surface area contributed by atoms with Gasteiger partial charge in [0.1, 0.15) is 11.4 Å². The normalized spacial score (nSPS) is 15.0. The summed E-state index contributed by atoms with van der Waals surface area (Å²) in [6.07, 6.45) is 1.63. The van der Waals surface area contributed by atoms with E-state index in [1.54, 1.807) is 18.3 Å². The van der Waals surface area contributed by atoms with Crippen molar-refractivity contribution in [3.8, 4) is 5.88 Å². The molecule has 0 saturated carbocycles. The fourth-order valence-electron chi connectivity index (χ4n) is 3.61. The van der Waals surface area contributed by atoms with Gasteiger partial charge in [-0.15, -0.1) is 0 Å². The number of para-hydroxylation sites is 2. The van der Waals surface area contributed by atoms with Crippen molar-refractivity contribution in [3.63, 3.8) is 0 Å². The van der Waals surface area contributed by atoms with E-state index in [2.05, 4.69) is 36.4 Å². The van der Waals surface area contributed by atoms with Gasteiger partial charge in [-0.25, -0.2) is 9.97 Å². The Hall–Kier alpha value is -2.89. The van der Waals surface area contributed by atoms with Crippen LogP contribution in [0.3, 0.4) is 0 Å². The largest absolute Gasteiger partial charge is 0.480 e. The lowest BCUT2D eigenvalue weighted by Crippen LogP contribution is -2.51. The molecule has 6 nitrogen and oxygen atoms in total. The van der Waals surface area contributed by atoms with Gasteiger partial charge in [0.15, 0.2) is 0 Å². The van der Waals surface area contributed by atoms with Crippen LogP contribution in [0.5, 0.6) is 5.88 Å². The average molecular weight is 364 g/mol. The second-order valence-electron chi connectivity index (χ2n) is 7.97. The van der Waals surface area contributed by atoms with Crippen LogP contribution in [0.25, 0.3) is 11.0 Å². The molecule has 140 valence electrons. The van der Waals surface area contributed by atoms with Crippen LogP contribution in [0.1, 0.15) is 43.0 Å². The zero-order valence-electron chi connectivity index (χ0n) is 16.1. The lowest BCUT2D eigenvalue weighted by molar-refractivity contribution is 0.0514. The van der Waals surface area contributed by atoms with Crippen molar-refractivity contribution in [2.75, 3.05) is 20.2 Å². The van der Waals surface area contributed by atoms with Gasteiger partial charge in [0, 0.05) is 24.7 Å². The van der Waals surface area contributed by atoms with Gasteiger partial charge in [0.2, 0.25) is 5.88 Å². The zero-order chi connectivity index (χ0) is 19.2. The third kappa shape index (κ3) is 2.95. The quantitative estimate of drug-likeness (QED) is 0.714. The predicted molar refractivity (Wildman–Crippen MR) is 104 cm³/mol. The summed E-state index contributed by atoms with van der Waals surface area (Å²) in [5.41, 5.74) is 2.56. The van der Waals surface area contributed by atoms with Gasteiger partial charge < -0.3 is 14.2 Å². The molecule has 4 rings (SSSR count). The second kappa shape index (κ2) is 6.37. The van der Waals surface area contributed by atoms with Crippen molar-refractivity contribution in [2.45, 2.75) is 32.2 Å². The third-order valence-corrected chi connectivity index (χ3v) is 4.98. The average Bonchev–Trinajstić information content (AvgIpc) is 3.00. The van der Waals surface area contributed by atoms with Crippen LogP contribution in [0.15, 0.2) is 42.6 Å². The van der Waals surface area contributed by atoms with Gasteiger partial charge in [-0.1, -0.05) is 32.9 Å². The van der Waals surface area contributed by atoms with Crippen molar-refractivity contribution in [2.24, 2.45) is 0 Å². The molecule has 1 fully saturated rings. The highest BCUT2D eigenvalue weighted by atomic mass is 16.5. The highest BCUT2D eigenvalue weighted by molar-refractivity contribution is 5.97. The SMILES string of the molecule is COc1ncccc1C(=O)N1CC(n2c(C(C)(C)C)nc3ccccc32)C1. The maximum Gasteiger partial charge on any atom is 0.259 e. The van der Waals surface area contributed by atoms with Crippen LogP contribution < -0.4 is 4.74 Å². The third-order valence-electron chi connectivity index (χ3n) is 4.98. The van der Waals surface area contributed by atoms with Crippen molar-refractivity contribution >= 4 is 16.9 Å². The maximum absolute atomic E-state index is 12.8. The fourth-order valence-corrected chi connectivity index (χ4v) is 3.61. The first-order valence-electron chi connectivity index (χ1n) is 9.16. The number of hydrogen-bond donors (Lipinski definition) is 0. The maximum atomic E-state index is 12.8. The lowest BCUT2D eigenvalue weighted by atomic mass is 9.94. The van der Waals surface area contributed by atoms with E-state index in [0.29, 0.717) is 24.5 Å². The number of hydrogen-bond acceptors (Lipinski definition) is 4. The van der Waals surface area contributed by atoms with E-state index < -0.39 is 0 Å². The number of benzene rings is 1. The highest BCUT2D eigenvalue weighted by Crippen LogP contribution is 2.34. The Kier molecular flexibility index (Phi) is 4.13. The summed E-state index contributed by atoms with van der Waals surface area (Å²) in [5.74, 6) is 1.38. The summed E-state index contributed by atoms with van der Waals surface area (Å²) >= 11 is 0. The number of amides is 1. The van der Waals surface area contributed by atoms with Crippen molar-refractivity contribution in [1.29, 1.82) is 0 Å². The Morgan fingerprint density at radius 3 is 2.59 bits per heavy atom. The molecule has 27 heavy (non-hydrogen) atoms. The molecule has 1 aromatic carbocycles. The minimum absolute atomic E-state index is 0.0436. The molecular formula is C21H24N4O2. The fraction of sp³-hybridized carbons (Fsp3) is 0.381. The molecule has 1 aliphatic heterocycles. The van der Waals surface area contributed by atoms with Crippen molar-refractivity contribution < 1.29 is 9.53 Å². The van der Waals surface area contributed by atoms with Crippen LogP contribution in [0, 0.1) is 0 Å². The molecule has 1 aliphatic rings. The molecule has 0 bridgehead atoms. The van der Waals surface area contributed by atoms with Crippen LogP contribution in [-0.4, -0.2) is 45.5 Å². The number of imidazole rings is 1. The number of methoxy groups -OCH3 is 1. The van der Waals surface area contributed by atoms with Gasteiger partial charge >= 0.3 is 0 Å². The number of carbonyl (C=O) groups is 1. The smallest absolute Gasteiger partial charge is 0.259 e. The number of pyridine rings is 1. The zero-order valence-corrected chi connectivity index (χ0v) is 16.1. The molecule has 3 aromatic rings. The highest BCUT2D eigenvalue weighted by Gasteiger charge is 2.37. The van der Waals surface area contributed by atoms with E-state index in [1.807, 2.05) is 23.1 Å². The molecule has 0 unspecified atom stereocenters. The minimum atomic E-state index is -0.0734. The lowest BCUT2D eigenvalue weighted by Gasteiger charge is -2.41. The van der Waals surface area contributed by atoms with E-state index in [4.69, 9.17) is 9.72 Å². The Balaban J connectivity index is 1.62. The van der Waals surface area contributed by atoms with Crippen LogP contribution in [0.4, 0.5) is 0 Å². The summed E-state index contributed by atoms with van der Waals surface area (Å²) in [6.45, 7) is 7.83. The van der Waals surface area contributed by atoms with Crippen LogP contribution in [-0.2, 0) is 5.41 Å². The number of fused-ring (bicyclic) bond motifs is 1. The summed E-state index contributed by atoms with van der Waals surface area (Å²) in [4.78, 5) is 23.7. The number of nitrogens with zero attached hydrogens (tertiary/aromatic N) is 4. The first-order valence-corrected chi connectivity index (χ1v) is 9.16. The molecule has 1 amide bonds. The van der Waals surface area contributed by atoms with E-state index in [1.165, 1.54) is 7.11 Å². The number of ether oxygens (including phenoxy) is 1. The Morgan fingerprint density at radius 1 is 1.15 bits per heavy atom. The van der Waals surface area contributed by atoms with Crippen molar-refractivity contribution in [3.05, 3.63) is 54.0 Å². The number of likely N-dealkylation sites (tertiary alicyclic amines) is 1. The minimum Gasteiger partial charge on any atom is -0.480 e. The number of rotatable bonds is 3. The molecule has 6 heteroatoms. The van der Waals surface area contributed by atoms with E-state index in [9.17, 15) is 4.79 Å². The molecule has 0 spiro atoms. The molecule has 0 atom stereocenters. The molecule has 0 radical (unpaired) electrons. The standard InChI is InChI=1S/C21H24N4O2/c1-21(2,3)20-23-16-9-5-6-10-17(16)25(20)14-12-24(13-14)19(26)15-8-7-11-22-18(15)27-4/h5-11,14H,12-13H2,1-4H3. The van der Waals surface area contributed by atoms with Crippen molar-refractivity contribution in [1.82, 2.24) is 19.4 Å². The Bertz CT molecular complexity index is 997. The predicted octanol–water partition coefficient (Wildman–Crippen LogP) is 3.43. The van der Waals surface area contributed by atoms with Gasteiger partial charge in [0.25, 0.3) is 5.91 Å². The van der Waals surface area contributed by atoms with Gasteiger partial charge in [0.05, 0.1) is 24.2 Å². The summed E-state index contributed by atoms with van der Waals surface area (Å²) in [7, 11) is 1.53. The van der Waals surface area contributed by atoms with E-state index >= 15 is 0 Å². The Morgan fingerprint density at radius 2 is 1.89 bits per heavy atom. The Labute approximate surface area is 158 Å². The summed E-state index contributed by atoms with van der Waals surface area (Å²) < 4.78 is 7.54. The van der Waals surface area contributed by atoms with Crippen LogP contribution in [0.2, 0.25) is 0 Å². The first kappa shape index (κ1) is 17.5. The molecule has 3 heterocycles. The van der Waals surface area contributed by atoms with Crippen LogP contribution >= 0.6 is 0 Å². The van der Waals surface area contributed by atoms with Gasteiger partial charge in [-0.3, -0.25) is 4.79 Å². The van der Waals surface area contributed by atoms with E-state index in [-0.39, 0.29) is 17.4 Å². The topological polar surface area (TPSA) is 60.2 Å². The summed E-state index contributed by atoms with van der Waals surface area (Å²) in [6, 6.07) is 11.9. The summed E-state index contributed by atoms with van der Waals surface area (Å²) in [5, 5.41) is 0. The van der Waals surface area contributed by atoms with Gasteiger partial charge in [-0.05, 0) is 24.3 Å². The number of aromatic nitrogens is 3.